The van der Waals surface area contributed by atoms with Crippen molar-refractivity contribution in [3.63, 3.8) is 0 Å². The standard InChI is InChI=1S/C53H103NO5/c1-3-5-7-9-11-13-15-17-19-21-22-25-29-33-37-41-45-51(56)50(49-55)54-52(57)46-42-38-34-30-26-24-28-32-36-40-44-48-59-53(58)47-43-39-35-31-27-23-20-18-16-14-12-10-8-6-4-2/h41,45,50-51,55-56H,3-40,42-44,46-49H2,1-2H3,(H,54,57)/b45-41+. The molecule has 0 rings (SSSR count). The summed E-state index contributed by atoms with van der Waals surface area (Å²) in [6.07, 6.45) is 56.4. The monoisotopic (exact) mass is 834 g/mol. The molecule has 0 saturated heterocycles. The number of ether oxygens (including phenoxy) is 1. The third kappa shape index (κ3) is 45.9. The molecule has 6 heteroatoms. The van der Waals surface area contributed by atoms with Crippen LogP contribution in [-0.2, 0) is 14.3 Å². The Morgan fingerprint density at radius 2 is 0.780 bits per heavy atom. The average molecular weight is 834 g/mol. The van der Waals surface area contributed by atoms with Gasteiger partial charge >= 0.3 is 5.97 Å². The van der Waals surface area contributed by atoms with Gasteiger partial charge in [-0.25, -0.2) is 0 Å². The number of rotatable bonds is 49. The molecule has 0 heterocycles. The molecule has 2 atom stereocenters. The summed E-state index contributed by atoms with van der Waals surface area (Å²) in [5.41, 5.74) is 0. The van der Waals surface area contributed by atoms with E-state index >= 15 is 0 Å². The van der Waals surface area contributed by atoms with Crippen LogP contribution in [0.15, 0.2) is 12.2 Å². The van der Waals surface area contributed by atoms with Gasteiger partial charge in [-0.1, -0.05) is 257 Å². The smallest absolute Gasteiger partial charge is 0.305 e. The molecule has 59 heavy (non-hydrogen) atoms. The second-order valence-corrected chi connectivity index (χ2v) is 18.2. The molecule has 350 valence electrons. The molecule has 0 radical (unpaired) electrons. The van der Waals surface area contributed by atoms with E-state index in [1.165, 1.54) is 205 Å². The maximum atomic E-state index is 12.4. The molecular weight excluding hydrogens is 731 g/mol. The third-order valence-corrected chi connectivity index (χ3v) is 12.3. The van der Waals surface area contributed by atoms with E-state index in [1.807, 2.05) is 6.08 Å². The van der Waals surface area contributed by atoms with Gasteiger partial charge in [-0.15, -0.1) is 0 Å². The van der Waals surface area contributed by atoms with Crippen molar-refractivity contribution in [1.29, 1.82) is 0 Å². The van der Waals surface area contributed by atoms with Crippen LogP contribution in [0.2, 0.25) is 0 Å². The Balaban J connectivity index is 3.49. The lowest BCUT2D eigenvalue weighted by atomic mass is 10.0. The molecule has 6 nitrogen and oxygen atoms in total. The number of carbonyl (C=O) groups excluding carboxylic acids is 2. The molecule has 0 aromatic heterocycles. The first-order chi connectivity index (χ1) is 29.0. The fourth-order valence-electron chi connectivity index (χ4n) is 8.22. The van der Waals surface area contributed by atoms with Crippen LogP contribution in [0.25, 0.3) is 0 Å². The molecule has 0 aromatic rings. The van der Waals surface area contributed by atoms with Crippen molar-refractivity contribution in [3.05, 3.63) is 12.2 Å². The van der Waals surface area contributed by atoms with E-state index in [0.717, 1.165) is 57.8 Å². The van der Waals surface area contributed by atoms with E-state index < -0.39 is 12.1 Å². The second kappa shape index (κ2) is 49.3. The molecule has 2 unspecified atom stereocenters. The van der Waals surface area contributed by atoms with Crippen molar-refractivity contribution < 1.29 is 24.5 Å². The van der Waals surface area contributed by atoms with Crippen LogP contribution < -0.4 is 5.32 Å². The van der Waals surface area contributed by atoms with E-state index in [2.05, 4.69) is 19.2 Å². The molecule has 0 aliphatic carbocycles. The number of nitrogens with one attached hydrogen (secondary N) is 1. The van der Waals surface area contributed by atoms with Gasteiger partial charge in [-0.3, -0.25) is 9.59 Å². The minimum absolute atomic E-state index is 0.0122. The van der Waals surface area contributed by atoms with E-state index in [1.54, 1.807) is 6.08 Å². The van der Waals surface area contributed by atoms with Gasteiger partial charge in [0.05, 0.1) is 25.4 Å². The van der Waals surface area contributed by atoms with Crippen molar-refractivity contribution in [3.8, 4) is 0 Å². The van der Waals surface area contributed by atoms with Crippen LogP contribution in [0.1, 0.15) is 290 Å². The zero-order valence-electron chi connectivity index (χ0n) is 39.7. The molecule has 0 saturated carbocycles. The van der Waals surface area contributed by atoms with Crippen LogP contribution in [0, 0.1) is 0 Å². The third-order valence-electron chi connectivity index (χ3n) is 12.3. The Morgan fingerprint density at radius 3 is 1.15 bits per heavy atom. The van der Waals surface area contributed by atoms with Crippen LogP contribution in [0.5, 0.6) is 0 Å². The number of aliphatic hydroxyl groups is 2. The molecule has 0 aliphatic heterocycles. The SMILES string of the molecule is CCCCCCCCCCCCCCCC/C=C/C(O)C(CO)NC(=O)CCCCCCCCCCCCCOC(=O)CCCCCCCCCCCCCCCCC. The maximum absolute atomic E-state index is 12.4. The summed E-state index contributed by atoms with van der Waals surface area (Å²) in [5.74, 6) is -0.0970. The number of allylic oxidation sites excluding steroid dienone is 1. The number of esters is 1. The highest BCUT2D eigenvalue weighted by molar-refractivity contribution is 5.76. The van der Waals surface area contributed by atoms with E-state index in [0.29, 0.717) is 19.4 Å². The Kier molecular flexibility index (Phi) is 48.1. The number of hydrogen-bond donors (Lipinski definition) is 3. The van der Waals surface area contributed by atoms with Crippen molar-refractivity contribution >= 4 is 11.9 Å². The van der Waals surface area contributed by atoms with Crippen molar-refractivity contribution in [2.75, 3.05) is 13.2 Å². The Hall–Kier alpha value is -1.40. The minimum Gasteiger partial charge on any atom is -0.466 e. The topological polar surface area (TPSA) is 95.9 Å². The van der Waals surface area contributed by atoms with Gasteiger partial charge in [-0.05, 0) is 32.1 Å². The van der Waals surface area contributed by atoms with Gasteiger partial charge in [0.2, 0.25) is 5.91 Å². The molecule has 0 fully saturated rings. The van der Waals surface area contributed by atoms with Crippen LogP contribution in [0.3, 0.4) is 0 Å². The predicted molar refractivity (Wildman–Crippen MR) is 255 cm³/mol. The van der Waals surface area contributed by atoms with E-state index in [-0.39, 0.29) is 18.5 Å². The summed E-state index contributed by atoms with van der Waals surface area (Å²) < 4.78 is 5.46. The lowest BCUT2D eigenvalue weighted by Crippen LogP contribution is -2.45. The zero-order chi connectivity index (χ0) is 43.0. The quantitative estimate of drug-likeness (QED) is 0.0322. The molecule has 0 aromatic carbocycles. The number of hydrogen-bond acceptors (Lipinski definition) is 5. The largest absolute Gasteiger partial charge is 0.466 e. The number of unbranched alkanes of at least 4 members (excludes halogenated alkanes) is 38. The second-order valence-electron chi connectivity index (χ2n) is 18.2. The summed E-state index contributed by atoms with van der Waals surface area (Å²) in [7, 11) is 0. The van der Waals surface area contributed by atoms with Gasteiger partial charge in [0.25, 0.3) is 0 Å². The average Bonchev–Trinajstić information content (AvgIpc) is 3.24. The Bertz CT molecular complexity index is 878. The summed E-state index contributed by atoms with van der Waals surface area (Å²) in [6, 6.07) is -0.640. The Morgan fingerprint density at radius 1 is 0.458 bits per heavy atom. The van der Waals surface area contributed by atoms with Crippen LogP contribution in [-0.4, -0.2) is 47.4 Å². The predicted octanol–water partition coefficient (Wildman–Crippen LogP) is 15.7. The first-order valence-electron chi connectivity index (χ1n) is 26.5. The molecule has 0 aliphatic rings. The van der Waals surface area contributed by atoms with E-state index in [9.17, 15) is 19.8 Å². The molecular formula is C53H103NO5. The lowest BCUT2D eigenvalue weighted by Gasteiger charge is -2.20. The molecule has 1 amide bonds. The van der Waals surface area contributed by atoms with Gasteiger partial charge in [-0.2, -0.15) is 0 Å². The van der Waals surface area contributed by atoms with Crippen LogP contribution >= 0.6 is 0 Å². The highest BCUT2D eigenvalue weighted by Gasteiger charge is 2.18. The summed E-state index contributed by atoms with van der Waals surface area (Å²) in [5, 5.41) is 23.1. The van der Waals surface area contributed by atoms with Gasteiger partial charge < -0.3 is 20.3 Å². The first kappa shape index (κ1) is 57.6. The molecule has 0 spiro atoms. The highest BCUT2D eigenvalue weighted by atomic mass is 16.5. The fourth-order valence-corrected chi connectivity index (χ4v) is 8.22. The number of amides is 1. The van der Waals surface area contributed by atoms with Gasteiger partial charge in [0, 0.05) is 12.8 Å². The van der Waals surface area contributed by atoms with E-state index in [4.69, 9.17) is 4.74 Å². The number of carbonyl (C=O) groups is 2. The van der Waals surface area contributed by atoms with Crippen LogP contribution in [0.4, 0.5) is 0 Å². The maximum Gasteiger partial charge on any atom is 0.305 e. The van der Waals surface area contributed by atoms with Gasteiger partial charge in [0.1, 0.15) is 0 Å². The number of aliphatic hydroxyl groups excluding tert-OH is 2. The van der Waals surface area contributed by atoms with Crippen molar-refractivity contribution in [2.45, 2.75) is 302 Å². The lowest BCUT2D eigenvalue weighted by molar-refractivity contribution is -0.143. The fraction of sp³-hybridized carbons (Fsp3) is 0.925. The minimum atomic E-state index is -0.855. The first-order valence-corrected chi connectivity index (χ1v) is 26.5. The van der Waals surface area contributed by atoms with Crippen molar-refractivity contribution in [2.24, 2.45) is 0 Å². The highest BCUT2D eigenvalue weighted by Crippen LogP contribution is 2.16. The van der Waals surface area contributed by atoms with Gasteiger partial charge in [0.15, 0.2) is 0 Å². The summed E-state index contributed by atoms with van der Waals surface area (Å²) in [6.45, 7) is 4.87. The summed E-state index contributed by atoms with van der Waals surface area (Å²) >= 11 is 0. The normalized spacial score (nSPS) is 12.7. The summed E-state index contributed by atoms with van der Waals surface area (Å²) in [4.78, 5) is 24.5. The molecule has 0 bridgehead atoms. The zero-order valence-corrected chi connectivity index (χ0v) is 39.7. The van der Waals surface area contributed by atoms with Crippen molar-refractivity contribution in [1.82, 2.24) is 5.32 Å². The molecule has 3 N–H and O–H groups in total. The Labute approximate surface area is 368 Å².